The summed E-state index contributed by atoms with van der Waals surface area (Å²) in [6, 6.07) is 0. The van der Waals surface area contributed by atoms with E-state index >= 15 is 0 Å². The summed E-state index contributed by atoms with van der Waals surface area (Å²) in [6.45, 7) is 2.33. The summed E-state index contributed by atoms with van der Waals surface area (Å²) in [4.78, 5) is 33.3. The van der Waals surface area contributed by atoms with Gasteiger partial charge in [0.25, 0.3) is 0 Å². The first kappa shape index (κ1) is 35.2. The smallest absolute Gasteiger partial charge is 0.481 e. The monoisotopic (exact) mass is 537 g/mol. The van der Waals surface area contributed by atoms with E-state index in [1.807, 2.05) is 0 Å². The van der Waals surface area contributed by atoms with E-state index in [0.29, 0.717) is 19.3 Å². The van der Waals surface area contributed by atoms with Crippen LogP contribution >= 0.6 is 0 Å². The molecule has 0 saturated carbocycles. The van der Waals surface area contributed by atoms with Crippen molar-refractivity contribution in [1.29, 1.82) is 0 Å². The van der Waals surface area contributed by atoms with Gasteiger partial charge in [-0.3, -0.25) is 9.59 Å². The van der Waals surface area contributed by atoms with Crippen LogP contribution in [0.5, 0.6) is 0 Å². The third kappa shape index (κ3) is 24.3. The third-order valence-corrected chi connectivity index (χ3v) is 6.48. The van der Waals surface area contributed by atoms with E-state index in [1.165, 1.54) is 19.3 Å². The molecular formula is C28H50F3NO5. The molecule has 1 amide bonds. The number of nitrogens with one attached hydrogen (secondary N) is 1. The van der Waals surface area contributed by atoms with Crippen molar-refractivity contribution >= 4 is 17.8 Å². The van der Waals surface area contributed by atoms with Crippen LogP contribution in [0.4, 0.5) is 13.2 Å². The van der Waals surface area contributed by atoms with Crippen LogP contribution in [0.15, 0.2) is 0 Å². The molecule has 0 aromatic carbocycles. The number of halogens is 3. The standard InChI is InChI=1S/C28H50F3NO5/c1-2-3-4-5-10-13-16-19-24(37-27(36)28(29,30)31)20-17-14-11-8-6-7-9-12-15-18-21-25(33)32-23-22-26(34)35/h24H,2-23H2,1H3,(H,32,33)(H,34,35). The molecule has 0 fully saturated rings. The van der Waals surface area contributed by atoms with Gasteiger partial charge in [0, 0.05) is 13.0 Å². The van der Waals surface area contributed by atoms with Gasteiger partial charge in [-0.25, -0.2) is 4.79 Å². The maximum absolute atomic E-state index is 12.6. The summed E-state index contributed by atoms with van der Waals surface area (Å²) >= 11 is 0. The number of unbranched alkanes of at least 4 members (excludes halogenated alkanes) is 15. The fourth-order valence-corrected chi connectivity index (χ4v) is 4.28. The fraction of sp³-hybridized carbons (Fsp3) is 0.893. The Morgan fingerprint density at radius 1 is 0.703 bits per heavy atom. The van der Waals surface area contributed by atoms with Crippen molar-refractivity contribution in [2.45, 2.75) is 154 Å². The molecule has 0 aliphatic heterocycles. The molecular weight excluding hydrogens is 487 g/mol. The number of alkyl halides is 3. The Morgan fingerprint density at radius 3 is 1.57 bits per heavy atom. The van der Waals surface area contributed by atoms with E-state index in [9.17, 15) is 27.6 Å². The topological polar surface area (TPSA) is 92.7 Å². The van der Waals surface area contributed by atoms with Crippen molar-refractivity contribution in [1.82, 2.24) is 5.32 Å². The lowest BCUT2D eigenvalue weighted by atomic mass is 10.0. The predicted molar refractivity (Wildman–Crippen MR) is 139 cm³/mol. The van der Waals surface area contributed by atoms with Crippen molar-refractivity contribution in [2.75, 3.05) is 6.54 Å². The quantitative estimate of drug-likeness (QED) is 0.0913. The molecule has 0 bridgehead atoms. The van der Waals surface area contributed by atoms with E-state index in [4.69, 9.17) is 9.84 Å². The molecule has 1 unspecified atom stereocenters. The van der Waals surface area contributed by atoms with E-state index in [1.54, 1.807) is 0 Å². The van der Waals surface area contributed by atoms with Gasteiger partial charge in [0.1, 0.15) is 6.10 Å². The highest BCUT2D eigenvalue weighted by atomic mass is 19.4. The average molecular weight is 538 g/mol. The zero-order valence-corrected chi connectivity index (χ0v) is 22.8. The molecule has 37 heavy (non-hydrogen) atoms. The zero-order chi connectivity index (χ0) is 27.8. The van der Waals surface area contributed by atoms with E-state index in [2.05, 4.69) is 12.2 Å². The first-order valence-electron chi connectivity index (χ1n) is 14.4. The predicted octanol–water partition coefficient (Wildman–Crippen LogP) is 7.87. The second-order valence-electron chi connectivity index (χ2n) is 10.0. The Morgan fingerprint density at radius 2 is 1.14 bits per heavy atom. The van der Waals surface area contributed by atoms with E-state index in [-0.39, 0.29) is 18.9 Å². The van der Waals surface area contributed by atoms with Crippen molar-refractivity contribution in [3.63, 3.8) is 0 Å². The highest BCUT2D eigenvalue weighted by Gasteiger charge is 2.42. The molecule has 0 aliphatic carbocycles. The van der Waals surface area contributed by atoms with Gasteiger partial charge in [-0.2, -0.15) is 13.2 Å². The van der Waals surface area contributed by atoms with Gasteiger partial charge in [-0.05, 0) is 32.1 Å². The van der Waals surface area contributed by atoms with Crippen LogP contribution in [-0.4, -0.2) is 41.8 Å². The molecule has 6 nitrogen and oxygen atoms in total. The van der Waals surface area contributed by atoms with Crippen LogP contribution in [-0.2, 0) is 19.1 Å². The van der Waals surface area contributed by atoms with Gasteiger partial charge in [-0.15, -0.1) is 0 Å². The number of ether oxygens (including phenoxy) is 1. The van der Waals surface area contributed by atoms with Crippen LogP contribution in [0.1, 0.15) is 142 Å². The maximum atomic E-state index is 12.6. The number of hydrogen-bond donors (Lipinski definition) is 2. The maximum Gasteiger partial charge on any atom is 0.490 e. The minimum atomic E-state index is -4.94. The van der Waals surface area contributed by atoms with E-state index < -0.39 is 24.2 Å². The first-order chi connectivity index (χ1) is 17.7. The molecule has 0 heterocycles. The number of carbonyl (C=O) groups is 3. The number of carboxylic acids is 1. The highest BCUT2D eigenvalue weighted by molar-refractivity contribution is 5.76. The van der Waals surface area contributed by atoms with Gasteiger partial charge in [0.05, 0.1) is 6.42 Å². The Balaban J connectivity index is 3.82. The van der Waals surface area contributed by atoms with Crippen LogP contribution in [0, 0.1) is 0 Å². The summed E-state index contributed by atoms with van der Waals surface area (Å²) in [5.74, 6) is -3.09. The summed E-state index contributed by atoms with van der Waals surface area (Å²) in [7, 11) is 0. The molecule has 9 heteroatoms. The Labute approximate surface area is 221 Å². The van der Waals surface area contributed by atoms with Crippen LogP contribution < -0.4 is 5.32 Å². The molecule has 0 rings (SSSR count). The number of amides is 1. The largest absolute Gasteiger partial charge is 0.490 e. The zero-order valence-electron chi connectivity index (χ0n) is 22.8. The molecule has 1 atom stereocenters. The van der Waals surface area contributed by atoms with Crippen LogP contribution in [0.25, 0.3) is 0 Å². The van der Waals surface area contributed by atoms with Gasteiger partial charge < -0.3 is 15.2 Å². The van der Waals surface area contributed by atoms with Crippen molar-refractivity contribution in [3.8, 4) is 0 Å². The molecule has 218 valence electrons. The number of rotatable bonds is 25. The molecule has 0 aliphatic rings. The Hall–Kier alpha value is -1.80. The summed E-state index contributed by atoms with van der Waals surface area (Å²) in [6.07, 6.45) is 13.3. The van der Waals surface area contributed by atoms with Crippen LogP contribution in [0.2, 0.25) is 0 Å². The second-order valence-corrected chi connectivity index (χ2v) is 10.0. The lowest BCUT2D eigenvalue weighted by Gasteiger charge is -2.19. The third-order valence-electron chi connectivity index (χ3n) is 6.48. The highest BCUT2D eigenvalue weighted by Crippen LogP contribution is 2.22. The number of hydrogen-bond acceptors (Lipinski definition) is 4. The Bertz CT molecular complexity index is 599. The van der Waals surface area contributed by atoms with E-state index in [0.717, 1.165) is 89.9 Å². The number of carbonyl (C=O) groups excluding carboxylic acids is 2. The van der Waals surface area contributed by atoms with Gasteiger partial charge in [-0.1, -0.05) is 96.8 Å². The summed E-state index contributed by atoms with van der Waals surface area (Å²) in [5, 5.41) is 11.1. The molecule has 2 N–H and O–H groups in total. The lowest BCUT2D eigenvalue weighted by Crippen LogP contribution is -2.30. The average Bonchev–Trinajstić information content (AvgIpc) is 2.82. The van der Waals surface area contributed by atoms with Gasteiger partial charge in [0.15, 0.2) is 0 Å². The summed E-state index contributed by atoms with van der Waals surface area (Å²) < 4.78 is 42.7. The first-order valence-corrected chi connectivity index (χ1v) is 14.4. The molecule has 0 radical (unpaired) electrons. The normalized spacial score (nSPS) is 12.3. The number of carboxylic acid groups (broad SMARTS) is 1. The molecule has 0 saturated heterocycles. The minimum absolute atomic E-state index is 0.0584. The molecule has 0 spiro atoms. The minimum Gasteiger partial charge on any atom is -0.481 e. The molecule has 0 aromatic rings. The van der Waals surface area contributed by atoms with Gasteiger partial charge >= 0.3 is 18.1 Å². The summed E-state index contributed by atoms with van der Waals surface area (Å²) in [5.41, 5.74) is 0. The fourth-order valence-electron chi connectivity index (χ4n) is 4.28. The van der Waals surface area contributed by atoms with Crippen molar-refractivity contribution < 1.29 is 37.4 Å². The van der Waals surface area contributed by atoms with Crippen molar-refractivity contribution in [3.05, 3.63) is 0 Å². The van der Waals surface area contributed by atoms with Crippen LogP contribution in [0.3, 0.4) is 0 Å². The number of aliphatic carboxylic acids is 1. The number of esters is 1. The lowest BCUT2D eigenvalue weighted by molar-refractivity contribution is -0.205. The Kier molecular flexibility index (Phi) is 22.2. The SMILES string of the molecule is CCCCCCCCCC(CCCCCCCCCCCCC(=O)NCCC(=O)O)OC(=O)C(F)(F)F. The van der Waals surface area contributed by atoms with Gasteiger partial charge in [0.2, 0.25) is 5.91 Å². The second kappa shape index (κ2) is 23.3. The molecule has 0 aromatic heterocycles. The van der Waals surface area contributed by atoms with Crippen molar-refractivity contribution in [2.24, 2.45) is 0 Å².